The Morgan fingerprint density at radius 3 is 3.00 bits per heavy atom. The number of ether oxygens (including phenoxy) is 1. The third-order valence-corrected chi connectivity index (χ3v) is 2.90. The molecule has 0 saturated heterocycles. The highest BCUT2D eigenvalue weighted by Gasteiger charge is 2.05. The van der Waals surface area contributed by atoms with Gasteiger partial charge in [-0.3, -0.25) is 4.68 Å². The number of aliphatic carboxylic acids is 1. The van der Waals surface area contributed by atoms with Crippen LogP contribution in [0.2, 0.25) is 0 Å². The van der Waals surface area contributed by atoms with Crippen molar-refractivity contribution in [2.24, 2.45) is 7.05 Å². The Bertz CT molecular complexity index is 652. The number of hydrogen-bond acceptors (Lipinski definition) is 4. The lowest BCUT2D eigenvalue weighted by atomic mass is 10.2. The van der Waals surface area contributed by atoms with Crippen LogP contribution in [0.3, 0.4) is 0 Å². The summed E-state index contributed by atoms with van der Waals surface area (Å²) in [5.41, 5.74) is 1.37. The average Bonchev–Trinajstić information content (AvgIpc) is 2.81. The summed E-state index contributed by atoms with van der Waals surface area (Å²) in [6, 6.07) is 5.37. The van der Waals surface area contributed by atoms with Crippen LogP contribution < -0.4 is 4.74 Å². The molecule has 0 unspecified atom stereocenters. The fourth-order valence-electron chi connectivity index (χ4n) is 1.56. The van der Waals surface area contributed by atoms with Crippen molar-refractivity contribution in [3.05, 3.63) is 46.2 Å². The van der Waals surface area contributed by atoms with Gasteiger partial charge < -0.3 is 9.84 Å². The second-order valence-corrected chi connectivity index (χ2v) is 4.94. The van der Waals surface area contributed by atoms with Crippen molar-refractivity contribution in [3.8, 4) is 5.75 Å². The molecule has 20 heavy (non-hydrogen) atoms. The van der Waals surface area contributed by atoms with E-state index in [1.165, 1.54) is 6.08 Å². The van der Waals surface area contributed by atoms with Crippen molar-refractivity contribution in [3.63, 3.8) is 0 Å². The van der Waals surface area contributed by atoms with Crippen LogP contribution in [0.1, 0.15) is 11.3 Å². The lowest BCUT2D eigenvalue weighted by Crippen LogP contribution is -1.98. The maximum Gasteiger partial charge on any atom is 0.328 e. The lowest BCUT2D eigenvalue weighted by molar-refractivity contribution is -0.131. The van der Waals surface area contributed by atoms with E-state index in [0.717, 1.165) is 10.5 Å². The molecule has 0 aliphatic carbocycles. The Morgan fingerprint density at radius 2 is 2.35 bits per heavy atom. The minimum absolute atomic E-state index is 0.267. The standard InChI is InChI=1S/C13H12BrN3O3/c1-17-7-11(15-16-17)8-20-12-4-3-10(14)6-9(12)2-5-13(18)19/h2-7H,8H2,1H3,(H,18,19)/b5-2+. The number of benzene rings is 1. The van der Waals surface area contributed by atoms with Crippen LogP contribution >= 0.6 is 15.9 Å². The first kappa shape index (κ1) is 14.3. The molecule has 2 aromatic rings. The molecule has 1 heterocycles. The van der Waals surface area contributed by atoms with Gasteiger partial charge in [-0.2, -0.15) is 0 Å². The van der Waals surface area contributed by atoms with E-state index in [0.29, 0.717) is 17.0 Å². The third-order valence-electron chi connectivity index (χ3n) is 2.40. The summed E-state index contributed by atoms with van der Waals surface area (Å²) in [6.45, 7) is 0.267. The van der Waals surface area contributed by atoms with E-state index in [4.69, 9.17) is 9.84 Å². The fraction of sp³-hybridized carbons (Fsp3) is 0.154. The molecule has 0 amide bonds. The molecule has 1 aromatic carbocycles. The lowest BCUT2D eigenvalue weighted by Gasteiger charge is -2.08. The Hall–Kier alpha value is -2.15. The molecule has 104 valence electrons. The first-order chi connectivity index (χ1) is 9.54. The van der Waals surface area contributed by atoms with Gasteiger partial charge in [-0.25, -0.2) is 4.79 Å². The predicted octanol–water partition coefficient (Wildman–Crippen LogP) is 2.25. The maximum atomic E-state index is 10.6. The van der Waals surface area contributed by atoms with Gasteiger partial charge in [-0.05, 0) is 24.3 Å². The fourth-order valence-corrected chi connectivity index (χ4v) is 1.93. The Kier molecular flexibility index (Phi) is 4.52. The van der Waals surface area contributed by atoms with Crippen LogP contribution in [0.4, 0.5) is 0 Å². The van der Waals surface area contributed by atoms with Crippen molar-refractivity contribution >= 4 is 28.0 Å². The number of halogens is 1. The zero-order valence-corrected chi connectivity index (χ0v) is 12.2. The van der Waals surface area contributed by atoms with Gasteiger partial charge in [-0.15, -0.1) is 5.10 Å². The molecule has 0 saturated carbocycles. The van der Waals surface area contributed by atoms with Gasteiger partial charge in [0.15, 0.2) is 0 Å². The zero-order chi connectivity index (χ0) is 14.5. The van der Waals surface area contributed by atoms with Gasteiger partial charge in [0, 0.05) is 23.2 Å². The monoisotopic (exact) mass is 337 g/mol. The van der Waals surface area contributed by atoms with E-state index in [9.17, 15) is 4.79 Å². The molecular formula is C13H12BrN3O3. The van der Waals surface area contributed by atoms with Gasteiger partial charge in [0.1, 0.15) is 18.1 Å². The molecule has 1 N–H and O–H groups in total. The molecule has 6 nitrogen and oxygen atoms in total. The normalized spacial score (nSPS) is 10.9. The van der Waals surface area contributed by atoms with E-state index in [1.807, 2.05) is 6.07 Å². The molecule has 0 aliphatic heterocycles. The van der Waals surface area contributed by atoms with Gasteiger partial charge in [0.05, 0.1) is 6.20 Å². The highest BCUT2D eigenvalue weighted by Crippen LogP contribution is 2.25. The minimum atomic E-state index is -1.01. The first-order valence-corrected chi connectivity index (χ1v) is 6.52. The van der Waals surface area contributed by atoms with Crippen LogP contribution in [-0.2, 0) is 18.4 Å². The van der Waals surface area contributed by atoms with Crippen molar-refractivity contribution in [2.75, 3.05) is 0 Å². The molecule has 1 aromatic heterocycles. The Labute approximate surface area is 123 Å². The van der Waals surface area contributed by atoms with Crippen LogP contribution in [-0.4, -0.2) is 26.1 Å². The quantitative estimate of drug-likeness (QED) is 0.846. The van der Waals surface area contributed by atoms with Crippen molar-refractivity contribution in [1.29, 1.82) is 0 Å². The summed E-state index contributed by atoms with van der Waals surface area (Å²) < 4.78 is 8.07. The number of carboxylic acid groups (broad SMARTS) is 1. The highest BCUT2D eigenvalue weighted by atomic mass is 79.9. The van der Waals surface area contributed by atoms with Crippen LogP contribution in [0.15, 0.2) is 34.9 Å². The van der Waals surface area contributed by atoms with Crippen molar-refractivity contribution in [1.82, 2.24) is 15.0 Å². The molecule has 0 radical (unpaired) electrons. The largest absolute Gasteiger partial charge is 0.487 e. The van der Waals surface area contributed by atoms with Gasteiger partial charge in [0.25, 0.3) is 0 Å². The molecule has 0 spiro atoms. The number of aryl methyl sites for hydroxylation is 1. The van der Waals surface area contributed by atoms with Gasteiger partial charge >= 0.3 is 5.97 Å². The highest BCUT2D eigenvalue weighted by molar-refractivity contribution is 9.10. The zero-order valence-electron chi connectivity index (χ0n) is 10.7. The van der Waals surface area contributed by atoms with E-state index in [-0.39, 0.29) is 6.61 Å². The number of carbonyl (C=O) groups is 1. The molecular weight excluding hydrogens is 326 g/mol. The van der Waals surface area contributed by atoms with E-state index >= 15 is 0 Å². The van der Waals surface area contributed by atoms with E-state index < -0.39 is 5.97 Å². The van der Waals surface area contributed by atoms with Crippen LogP contribution in [0.5, 0.6) is 5.75 Å². The van der Waals surface area contributed by atoms with Crippen LogP contribution in [0.25, 0.3) is 6.08 Å². The molecule has 0 aliphatic rings. The molecule has 0 bridgehead atoms. The number of hydrogen-bond donors (Lipinski definition) is 1. The van der Waals surface area contributed by atoms with Crippen molar-refractivity contribution < 1.29 is 14.6 Å². The number of carboxylic acids is 1. The number of rotatable bonds is 5. The van der Waals surface area contributed by atoms with Gasteiger partial charge in [0.2, 0.25) is 0 Å². The SMILES string of the molecule is Cn1cc(COc2ccc(Br)cc2/C=C/C(=O)O)nn1. The summed E-state index contributed by atoms with van der Waals surface area (Å²) in [5.74, 6) is -0.429. The first-order valence-electron chi connectivity index (χ1n) is 5.73. The summed E-state index contributed by atoms with van der Waals surface area (Å²) >= 11 is 3.34. The smallest absolute Gasteiger partial charge is 0.328 e. The average molecular weight is 338 g/mol. The number of nitrogens with zero attached hydrogens (tertiary/aromatic N) is 3. The summed E-state index contributed by atoms with van der Waals surface area (Å²) in [6.07, 6.45) is 4.31. The second-order valence-electron chi connectivity index (χ2n) is 4.03. The van der Waals surface area contributed by atoms with Gasteiger partial charge in [-0.1, -0.05) is 21.1 Å². The topological polar surface area (TPSA) is 77.2 Å². The number of aromatic nitrogens is 3. The second kappa shape index (κ2) is 6.33. The summed E-state index contributed by atoms with van der Waals surface area (Å²) in [5, 5.41) is 16.4. The molecule has 0 fully saturated rings. The predicted molar refractivity (Wildman–Crippen MR) is 76.1 cm³/mol. The third kappa shape index (κ3) is 3.92. The van der Waals surface area contributed by atoms with Crippen molar-refractivity contribution in [2.45, 2.75) is 6.61 Å². The van der Waals surface area contributed by atoms with Crippen LogP contribution in [0, 0.1) is 0 Å². The summed E-state index contributed by atoms with van der Waals surface area (Å²) in [7, 11) is 1.77. The Balaban J connectivity index is 2.15. The molecule has 0 atom stereocenters. The summed E-state index contributed by atoms with van der Waals surface area (Å²) in [4.78, 5) is 10.6. The minimum Gasteiger partial charge on any atom is -0.487 e. The maximum absolute atomic E-state index is 10.6. The molecule has 7 heteroatoms. The van der Waals surface area contributed by atoms with E-state index in [1.54, 1.807) is 30.1 Å². The Morgan fingerprint density at radius 1 is 1.55 bits per heavy atom. The van der Waals surface area contributed by atoms with E-state index in [2.05, 4.69) is 26.2 Å². The molecule has 2 rings (SSSR count).